The summed E-state index contributed by atoms with van der Waals surface area (Å²) in [7, 11) is 4.17. The summed E-state index contributed by atoms with van der Waals surface area (Å²) in [5, 5.41) is -0.144. The summed E-state index contributed by atoms with van der Waals surface area (Å²) in [6, 6.07) is 5.32. The Labute approximate surface area is 231 Å². The lowest BCUT2D eigenvalue weighted by molar-refractivity contribution is -0.181. The predicted octanol–water partition coefficient (Wildman–Crippen LogP) is 4.20. The summed E-state index contributed by atoms with van der Waals surface area (Å²) in [5.41, 5.74) is -2.74. The quantitative estimate of drug-likeness (QED) is 0.142. The summed E-state index contributed by atoms with van der Waals surface area (Å²) in [6.45, 7) is 9.45. The summed E-state index contributed by atoms with van der Waals surface area (Å²) < 4.78 is 31.6. The molecule has 0 bridgehead atoms. The van der Waals surface area contributed by atoms with Crippen LogP contribution in [0.15, 0.2) is 24.3 Å². The normalized spacial score (nSPS) is 11.5. The first kappa shape index (κ1) is 31.4. The lowest BCUT2D eigenvalue weighted by atomic mass is 10.0. The average molecular weight is 566 g/mol. The number of pyridine rings is 1. The molecule has 2 aromatic rings. The highest BCUT2D eigenvalue weighted by molar-refractivity contribution is 6.30. The molecule has 0 atom stereocenters. The Hall–Kier alpha value is -3.86. The fourth-order valence-corrected chi connectivity index (χ4v) is 3.36. The lowest BCUT2D eigenvalue weighted by Crippen LogP contribution is -2.43. The van der Waals surface area contributed by atoms with E-state index in [1.807, 2.05) is 0 Å². The Kier molecular flexibility index (Phi) is 9.92. The van der Waals surface area contributed by atoms with Gasteiger partial charge in [0.15, 0.2) is 23.0 Å². The summed E-state index contributed by atoms with van der Waals surface area (Å²) in [6.07, 6.45) is -2.10. The van der Waals surface area contributed by atoms with Crippen LogP contribution in [0.1, 0.15) is 68.0 Å². The topological polar surface area (TPSA) is 137 Å². The van der Waals surface area contributed by atoms with Gasteiger partial charge in [-0.3, -0.25) is 4.79 Å². The molecule has 0 aliphatic heterocycles. The smallest absolute Gasteiger partial charge is 0.359 e. The van der Waals surface area contributed by atoms with Crippen LogP contribution in [-0.2, 0) is 23.8 Å². The second kappa shape index (κ2) is 12.3. The van der Waals surface area contributed by atoms with Gasteiger partial charge in [0.05, 0.1) is 26.9 Å². The van der Waals surface area contributed by atoms with E-state index in [1.54, 1.807) is 41.5 Å². The minimum atomic E-state index is -2.10. The van der Waals surface area contributed by atoms with E-state index < -0.39 is 46.7 Å². The van der Waals surface area contributed by atoms with E-state index >= 15 is 0 Å². The van der Waals surface area contributed by atoms with Crippen LogP contribution in [-0.4, -0.2) is 67.3 Å². The molecule has 0 N–H and O–H groups in total. The van der Waals surface area contributed by atoms with Gasteiger partial charge >= 0.3 is 17.9 Å². The van der Waals surface area contributed by atoms with E-state index in [0.29, 0.717) is 0 Å². The molecule has 1 aromatic carbocycles. The van der Waals surface area contributed by atoms with Crippen molar-refractivity contribution in [3.8, 4) is 17.2 Å². The number of ketones is 1. The predicted molar refractivity (Wildman–Crippen MR) is 140 cm³/mol. The van der Waals surface area contributed by atoms with E-state index in [4.69, 9.17) is 40.0 Å². The molecular formula is C27H32ClNO10. The molecule has 12 heteroatoms. The minimum Gasteiger partial charge on any atom is -0.493 e. The Morgan fingerprint density at radius 2 is 1.28 bits per heavy atom. The first-order valence-electron chi connectivity index (χ1n) is 11.7. The van der Waals surface area contributed by atoms with Gasteiger partial charge in [-0.05, 0) is 65.8 Å². The highest BCUT2D eigenvalue weighted by atomic mass is 35.5. The summed E-state index contributed by atoms with van der Waals surface area (Å²) in [5.74, 6) is -3.65. The molecule has 0 saturated carbocycles. The molecule has 2 rings (SSSR count). The maximum absolute atomic E-state index is 13.5. The maximum atomic E-state index is 13.5. The Bertz CT molecular complexity index is 1210. The molecule has 0 radical (unpaired) electrons. The molecule has 1 heterocycles. The number of methoxy groups -OCH3 is 3. The molecule has 0 aliphatic carbocycles. The molecule has 39 heavy (non-hydrogen) atoms. The monoisotopic (exact) mass is 565 g/mol. The van der Waals surface area contributed by atoms with Crippen molar-refractivity contribution in [2.24, 2.45) is 0 Å². The Balaban J connectivity index is 2.55. The molecule has 0 aliphatic rings. The first-order chi connectivity index (χ1) is 18.0. The van der Waals surface area contributed by atoms with Crippen molar-refractivity contribution in [3.63, 3.8) is 0 Å². The standard InChI is InChI=1S/C27H32ClNO10/c1-26(2,3)38-24(32)22(25(33)39-27(4,5)6)37-23(31)19-15(10-11-18(28)29-19)20(30)14-12-16(34-7)21(36-9)17(13-14)35-8/h10-13,22H,1-9H3. The van der Waals surface area contributed by atoms with Crippen molar-refractivity contribution in [2.75, 3.05) is 21.3 Å². The minimum absolute atomic E-state index is 0.0542. The van der Waals surface area contributed by atoms with E-state index in [9.17, 15) is 19.2 Å². The van der Waals surface area contributed by atoms with Crippen LogP contribution in [0.3, 0.4) is 0 Å². The molecule has 1 aromatic heterocycles. The van der Waals surface area contributed by atoms with Crippen LogP contribution in [0, 0.1) is 0 Å². The van der Waals surface area contributed by atoms with Crippen molar-refractivity contribution in [3.05, 3.63) is 46.2 Å². The fourth-order valence-electron chi connectivity index (χ4n) is 3.21. The number of nitrogens with zero attached hydrogens (tertiary/aromatic N) is 1. The number of esters is 3. The zero-order chi connectivity index (χ0) is 29.7. The third-order valence-electron chi connectivity index (χ3n) is 4.69. The number of hydrogen-bond acceptors (Lipinski definition) is 11. The van der Waals surface area contributed by atoms with E-state index in [0.717, 1.165) is 0 Å². The first-order valence-corrected chi connectivity index (χ1v) is 12.1. The van der Waals surface area contributed by atoms with E-state index in [2.05, 4.69) is 4.98 Å². The zero-order valence-corrected chi connectivity index (χ0v) is 24.1. The number of aromatic nitrogens is 1. The highest BCUT2D eigenvalue weighted by Crippen LogP contribution is 2.39. The van der Waals surface area contributed by atoms with Gasteiger partial charge in [-0.1, -0.05) is 11.6 Å². The highest BCUT2D eigenvalue weighted by Gasteiger charge is 2.39. The van der Waals surface area contributed by atoms with Gasteiger partial charge in [-0.15, -0.1) is 0 Å². The van der Waals surface area contributed by atoms with Gasteiger partial charge in [0, 0.05) is 5.56 Å². The molecule has 0 spiro atoms. The van der Waals surface area contributed by atoms with Crippen molar-refractivity contribution in [1.82, 2.24) is 4.98 Å². The number of carbonyl (C=O) groups is 4. The maximum Gasteiger partial charge on any atom is 0.359 e. The van der Waals surface area contributed by atoms with Crippen LogP contribution >= 0.6 is 11.6 Å². The largest absolute Gasteiger partial charge is 0.493 e. The third kappa shape index (κ3) is 8.31. The molecule has 11 nitrogen and oxygen atoms in total. The summed E-state index contributed by atoms with van der Waals surface area (Å²) >= 11 is 6.01. The molecule has 0 unspecified atom stereocenters. The second-order valence-electron chi connectivity index (χ2n) is 10.1. The number of rotatable bonds is 9. The van der Waals surface area contributed by atoms with Gasteiger partial charge < -0.3 is 28.4 Å². The number of hydrogen-bond donors (Lipinski definition) is 0. The van der Waals surface area contributed by atoms with E-state index in [1.165, 1.54) is 45.6 Å². The van der Waals surface area contributed by atoms with Crippen molar-refractivity contribution in [2.45, 2.75) is 58.8 Å². The summed E-state index contributed by atoms with van der Waals surface area (Å²) in [4.78, 5) is 56.3. The SMILES string of the molecule is COc1cc(C(=O)c2ccc(Cl)nc2C(=O)OC(C(=O)OC(C)(C)C)C(=O)OC(C)(C)C)cc(OC)c1OC. The Morgan fingerprint density at radius 1 is 0.795 bits per heavy atom. The van der Waals surface area contributed by atoms with Gasteiger partial charge in [-0.2, -0.15) is 0 Å². The number of halogens is 1. The number of benzene rings is 1. The van der Waals surface area contributed by atoms with Crippen LogP contribution in [0.25, 0.3) is 0 Å². The number of ether oxygens (including phenoxy) is 6. The Morgan fingerprint density at radius 3 is 1.69 bits per heavy atom. The van der Waals surface area contributed by atoms with Gasteiger partial charge in [0.25, 0.3) is 6.10 Å². The molecule has 0 fully saturated rings. The van der Waals surface area contributed by atoms with Gasteiger partial charge in [0.1, 0.15) is 16.4 Å². The van der Waals surface area contributed by atoms with Crippen LogP contribution in [0.2, 0.25) is 5.15 Å². The van der Waals surface area contributed by atoms with E-state index in [-0.39, 0.29) is 33.5 Å². The lowest BCUT2D eigenvalue weighted by Gasteiger charge is -2.26. The zero-order valence-electron chi connectivity index (χ0n) is 23.3. The van der Waals surface area contributed by atoms with Gasteiger partial charge in [-0.25, -0.2) is 19.4 Å². The second-order valence-corrected chi connectivity index (χ2v) is 10.5. The average Bonchev–Trinajstić information content (AvgIpc) is 2.83. The number of carbonyl (C=O) groups excluding carboxylic acids is 4. The van der Waals surface area contributed by atoms with Crippen LogP contribution < -0.4 is 14.2 Å². The van der Waals surface area contributed by atoms with Crippen LogP contribution in [0.4, 0.5) is 0 Å². The van der Waals surface area contributed by atoms with Crippen molar-refractivity contribution < 1.29 is 47.6 Å². The van der Waals surface area contributed by atoms with Crippen molar-refractivity contribution in [1.29, 1.82) is 0 Å². The fraction of sp³-hybridized carbons (Fsp3) is 0.444. The van der Waals surface area contributed by atoms with Crippen molar-refractivity contribution >= 4 is 35.3 Å². The molecule has 0 amide bonds. The molecule has 212 valence electrons. The van der Waals surface area contributed by atoms with Gasteiger partial charge in [0.2, 0.25) is 5.75 Å². The third-order valence-corrected chi connectivity index (χ3v) is 4.90. The molecular weight excluding hydrogens is 534 g/mol. The van der Waals surface area contributed by atoms with Crippen LogP contribution in [0.5, 0.6) is 17.2 Å². The molecule has 0 saturated heterocycles.